The predicted molar refractivity (Wildman–Crippen MR) is 107 cm³/mol. The number of aromatic amines is 1. The van der Waals surface area contributed by atoms with Gasteiger partial charge in [0, 0.05) is 39.1 Å². The van der Waals surface area contributed by atoms with Gasteiger partial charge in [-0.25, -0.2) is 4.98 Å². The summed E-state index contributed by atoms with van der Waals surface area (Å²) in [5.74, 6) is 2.95. The molecule has 0 radical (unpaired) electrons. The largest absolute Gasteiger partial charge is 0.461 e. The van der Waals surface area contributed by atoms with Crippen LogP contribution < -0.4 is 10.6 Å². The van der Waals surface area contributed by atoms with Crippen LogP contribution in [0.2, 0.25) is 0 Å². The molecule has 2 aromatic rings. The summed E-state index contributed by atoms with van der Waals surface area (Å²) in [6.45, 7) is 6.56. The molecular weight excluding hydrogens is 342 g/mol. The Labute approximate surface area is 160 Å². The molecule has 148 valence electrons. The molecule has 0 amide bonds. The molecule has 0 bridgehead atoms. The van der Waals surface area contributed by atoms with Crippen LogP contribution in [0.5, 0.6) is 0 Å². The van der Waals surface area contributed by atoms with Crippen molar-refractivity contribution in [1.29, 1.82) is 0 Å². The monoisotopic (exact) mass is 373 g/mol. The Morgan fingerprint density at radius 1 is 1.41 bits per heavy atom. The first-order valence-electron chi connectivity index (χ1n) is 9.93. The minimum absolute atomic E-state index is 0.491. The van der Waals surface area contributed by atoms with Crippen molar-refractivity contribution in [3.8, 4) is 11.6 Å². The number of rotatable bonds is 8. The quantitative estimate of drug-likeness (QED) is 0.484. The lowest BCUT2D eigenvalue weighted by Gasteiger charge is -2.33. The third-order valence-electron chi connectivity index (χ3n) is 4.91. The molecule has 0 aromatic carbocycles. The third kappa shape index (κ3) is 5.82. The van der Waals surface area contributed by atoms with E-state index in [1.807, 2.05) is 19.2 Å². The van der Waals surface area contributed by atoms with Gasteiger partial charge >= 0.3 is 0 Å². The van der Waals surface area contributed by atoms with Gasteiger partial charge in [-0.15, -0.1) is 0 Å². The van der Waals surface area contributed by atoms with E-state index in [0.29, 0.717) is 17.6 Å². The molecule has 1 aliphatic rings. The zero-order chi connectivity index (χ0) is 18.9. The molecule has 1 aliphatic heterocycles. The number of furan rings is 1. The van der Waals surface area contributed by atoms with E-state index >= 15 is 0 Å². The van der Waals surface area contributed by atoms with Crippen LogP contribution in [0.15, 0.2) is 27.8 Å². The Morgan fingerprint density at radius 3 is 2.96 bits per heavy atom. The van der Waals surface area contributed by atoms with Gasteiger partial charge in [0.2, 0.25) is 5.82 Å². The maximum absolute atomic E-state index is 5.31. The number of piperidine rings is 1. The molecule has 3 N–H and O–H groups in total. The molecule has 2 aromatic heterocycles. The van der Waals surface area contributed by atoms with Crippen LogP contribution in [0, 0.1) is 0 Å². The molecule has 0 saturated carbocycles. The maximum atomic E-state index is 5.31. The van der Waals surface area contributed by atoms with Crippen molar-refractivity contribution in [1.82, 2.24) is 30.7 Å². The first-order chi connectivity index (χ1) is 13.3. The number of likely N-dealkylation sites (tertiary alicyclic amines) is 1. The van der Waals surface area contributed by atoms with Crippen LogP contribution in [0.4, 0.5) is 0 Å². The fraction of sp³-hybridized carbons (Fsp3) is 0.632. The lowest BCUT2D eigenvalue weighted by atomic mass is 10.0. The second-order valence-electron chi connectivity index (χ2n) is 6.95. The van der Waals surface area contributed by atoms with Gasteiger partial charge in [0.1, 0.15) is 5.82 Å². The summed E-state index contributed by atoms with van der Waals surface area (Å²) in [6.07, 6.45) is 7.26. The van der Waals surface area contributed by atoms with E-state index < -0.39 is 0 Å². The number of aliphatic imine (C=N–C) groups is 1. The Hall–Kier alpha value is -2.35. The number of guanidine groups is 1. The molecule has 27 heavy (non-hydrogen) atoms. The van der Waals surface area contributed by atoms with Crippen molar-refractivity contribution in [2.24, 2.45) is 4.99 Å². The molecule has 0 spiro atoms. The first-order valence-corrected chi connectivity index (χ1v) is 9.93. The molecule has 3 rings (SSSR count). The SMILES string of the molecule is CCCCN1CCC(NC(=NC)NCCc2nc(-c3ccco3)n[nH]2)CC1. The summed E-state index contributed by atoms with van der Waals surface area (Å²) in [7, 11) is 1.81. The summed E-state index contributed by atoms with van der Waals surface area (Å²) in [4.78, 5) is 11.4. The highest BCUT2D eigenvalue weighted by Crippen LogP contribution is 2.14. The molecule has 8 nitrogen and oxygen atoms in total. The Kier molecular flexibility index (Phi) is 7.27. The topological polar surface area (TPSA) is 94.4 Å². The Balaban J connectivity index is 1.37. The van der Waals surface area contributed by atoms with Gasteiger partial charge in [-0.05, 0) is 37.9 Å². The van der Waals surface area contributed by atoms with Crippen LogP contribution in [0.3, 0.4) is 0 Å². The van der Waals surface area contributed by atoms with E-state index in [1.165, 1.54) is 45.3 Å². The summed E-state index contributed by atoms with van der Waals surface area (Å²) in [5.41, 5.74) is 0. The zero-order valence-electron chi connectivity index (χ0n) is 16.4. The van der Waals surface area contributed by atoms with Crippen LogP contribution >= 0.6 is 0 Å². The fourth-order valence-corrected chi connectivity index (χ4v) is 3.29. The van der Waals surface area contributed by atoms with Crippen molar-refractivity contribution >= 4 is 5.96 Å². The second kappa shape index (κ2) is 10.1. The lowest BCUT2D eigenvalue weighted by molar-refractivity contribution is 0.203. The number of hydrogen-bond donors (Lipinski definition) is 3. The lowest BCUT2D eigenvalue weighted by Crippen LogP contribution is -2.49. The number of aromatic nitrogens is 3. The first kappa shape index (κ1) is 19.4. The van der Waals surface area contributed by atoms with Gasteiger partial charge in [-0.3, -0.25) is 10.1 Å². The summed E-state index contributed by atoms with van der Waals surface area (Å²) in [5, 5.41) is 14.1. The second-order valence-corrected chi connectivity index (χ2v) is 6.95. The van der Waals surface area contributed by atoms with E-state index in [4.69, 9.17) is 4.42 Å². The highest BCUT2D eigenvalue weighted by atomic mass is 16.3. The molecule has 8 heteroatoms. The van der Waals surface area contributed by atoms with E-state index in [0.717, 1.165) is 24.7 Å². The highest BCUT2D eigenvalue weighted by Gasteiger charge is 2.19. The number of hydrogen-bond acceptors (Lipinski definition) is 5. The minimum Gasteiger partial charge on any atom is -0.461 e. The molecule has 0 unspecified atom stereocenters. The van der Waals surface area contributed by atoms with Crippen molar-refractivity contribution in [3.05, 3.63) is 24.2 Å². The van der Waals surface area contributed by atoms with Gasteiger partial charge in [-0.2, -0.15) is 5.10 Å². The van der Waals surface area contributed by atoms with Gasteiger partial charge in [0.05, 0.1) is 6.26 Å². The van der Waals surface area contributed by atoms with Gasteiger partial charge < -0.3 is 20.0 Å². The van der Waals surface area contributed by atoms with Gasteiger partial charge in [0.15, 0.2) is 11.7 Å². The van der Waals surface area contributed by atoms with E-state index in [-0.39, 0.29) is 0 Å². The van der Waals surface area contributed by atoms with Crippen LogP contribution in [0.25, 0.3) is 11.6 Å². The number of unbranched alkanes of at least 4 members (excludes halogenated alkanes) is 1. The standard InChI is InChI=1S/C19H31N7O/c1-3-4-11-26-12-8-15(9-13-26)22-19(20-2)21-10-7-17-23-18(25-24-17)16-6-5-14-27-16/h5-6,14-15H,3-4,7-13H2,1-2H3,(H2,20,21,22)(H,23,24,25). The number of H-pyrrole nitrogens is 1. The van der Waals surface area contributed by atoms with Crippen molar-refractivity contribution in [2.45, 2.75) is 45.1 Å². The summed E-state index contributed by atoms with van der Waals surface area (Å²) in [6, 6.07) is 4.17. The molecule has 0 atom stereocenters. The van der Waals surface area contributed by atoms with Crippen LogP contribution in [0.1, 0.15) is 38.4 Å². The van der Waals surface area contributed by atoms with Crippen molar-refractivity contribution < 1.29 is 4.42 Å². The number of nitrogens with zero attached hydrogens (tertiary/aromatic N) is 4. The van der Waals surface area contributed by atoms with Crippen molar-refractivity contribution in [3.63, 3.8) is 0 Å². The van der Waals surface area contributed by atoms with E-state index in [9.17, 15) is 0 Å². The average Bonchev–Trinajstić information content (AvgIpc) is 3.38. The van der Waals surface area contributed by atoms with Crippen LogP contribution in [-0.4, -0.2) is 65.3 Å². The van der Waals surface area contributed by atoms with E-state index in [1.54, 1.807) is 6.26 Å². The molecule has 3 heterocycles. The normalized spacial score (nSPS) is 16.6. The van der Waals surface area contributed by atoms with Crippen LogP contribution in [-0.2, 0) is 6.42 Å². The predicted octanol–water partition coefficient (Wildman–Crippen LogP) is 2.04. The van der Waals surface area contributed by atoms with Gasteiger partial charge in [-0.1, -0.05) is 13.3 Å². The smallest absolute Gasteiger partial charge is 0.216 e. The third-order valence-corrected chi connectivity index (χ3v) is 4.91. The van der Waals surface area contributed by atoms with Gasteiger partial charge in [0.25, 0.3) is 0 Å². The summed E-state index contributed by atoms with van der Waals surface area (Å²) >= 11 is 0. The van der Waals surface area contributed by atoms with E-state index in [2.05, 4.69) is 42.6 Å². The Bertz CT molecular complexity index is 687. The molecule has 1 saturated heterocycles. The average molecular weight is 374 g/mol. The number of nitrogens with one attached hydrogen (secondary N) is 3. The molecule has 0 aliphatic carbocycles. The fourth-order valence-electron chi connectivity index (χ4n) is 3.29. The molecule has 1 fully saturated rings. The minimum atomic E-state index is 0.491. The molecular formula is C19H31N7O. The van der Waals surface area contributed by atoms with Crippen molar-refractivity contribution in [2.75, 3.05) is 33.2 Å². The highest BCUT2D eigenvalue weighted by molar-refractivity contribution is 5.79. The zero-order valence-corrected chi connectivity index (χ0v) is 16.4. The Morgan fingerprint density at radius 2 is 2.26 bits per heavy atom. The maximum Gasteiger partial charge on any atom is 0.216 e. The summed E-state index contributed by atoms with van der Waals surface area (Å²) < 4.78 is 5.31.